The van der Waals surface area contributed by atoms with Gasteiger partial charge in [-0.25, -0.2) is 19.3 Å². The van der Waals surface area contributed by atoms with Gasteiger partial charge in [0.25, 0.3) is 0 Å². The molecule has 0 aromatic carbocycles. The summed E-state index contributed by atoms with van der Waals surface area (Å²) in [7, 11) is 0. The first-order valence-electron chi connectivity index (χ1n) is 12.7. The van der Waals surface area contributed by atoms with Crippen molar-refractivity contribution in [2.45, 2.75) is 44.6 Å². The van der Waals surface area contributed by atoms with Crippen molar-refractivity contribution in [2.75, 3.05) is 23.7 Å². The highest BCUT2D eigenvalue weighted by atomic mass is 19.1. The number of aromatic nitrogens is 5. The van der Waals surface area contributed by atoms with Crippen LogP contribution < -0.4 is 16.0 Å². The summed E-state index contributed by atoms with van der Waals surface area (Å²) < 4.78 is 27.7. The molecular weight excluding hydrogens is 474 g/mol. The third kappa shape index (κ3) is 4.81. The van der Waals surface area contributed by atoms with Crippen LogP contribution >= 0.6 is 0 Å². The summed E-state index contributed by atoms with van der Waals surface area (Å²) in [5.74, 6) is 0.850. The van der Waals surface area contributed by atoms with Gasteiger partial charge in [-0.3, -0.25) is 4.98 Å². The van der Waals surface area contributed by atoms with Gasteiger partial charge in [-0.05, 0) is 74.0 Å². The van der Waals surface area contributed by atoms with Crippen LogP contribution in [0.25, 0.3) is 22.3 Å². The summed E-state index contributed by atoms with van der Waals surface area (Å²) in [5, 5.41) is 11.0. The van der Waals surface area contributed by atoms with E-state index in [0.717, 1.165) is 61.2 Å². The molecule has 0 amide bonds. The van der Waals surface area contributed by atoms with Gasteiger partial charge >= 0.3 is 0 Å². The third-order valence-electron chi connectivity index (χ3n) is 7.37. The molecule has 5 heterocycles. The van der Waals surface area contributed by atoms with Gasteiger partial charge in [-0.1, -0.05) is 13.3 Å². The summed E-state index contributed by atoms with van der Waals surface area (Å²) in [6.45, 7) is 4.15. The minimum absolute atomic E-state index is 0.235. The molecule has 37 heavy (non-hydrogen) atoms. The number of halogens is 2. The van der Waals surface area contributed by atoms with E-state index in [1.165, 1.54) is 12.0 Å². The topological polar surface area (TPSA) is 101 Å². The van der Waals surface area contributed by atoms with Crippen molar-refractivity contribution in [2.24, 2.45) is 5.92 Å². The second kappa shape index (κ2) is 9.93. The minimum atomic E-state index is -0.782. The molecule has 1 aliphatic carbocycles. The Hall–Kier alpha value is -3.79. The van der Waals surface area contributed by atoms with Crippen molar-refractivity contribution in [1.29, 1.82) is 0 Å². The van der Waals surface area contributed by atoms with Crippen molar-refractivity contribution >= 4 is 28.4 Å². The van der Waals surface area contributed by atoms with Crippen LogP contribution in [0.3, 0.4) is 0 Å². The van der Waals surface area contributed by atoms with E-state index < -0.39 is 11.8 Å². The van der Waals surface area contributed by atoms with E-state index >= 15 is 0 Å². The Labute approximate surface area is 213 Å². The Morgan fingerprint density at radius 3 is 2.70 bits per heavy atom. The maximum absolute atomic E-state index is 14.1. The quantitative estimate of drug-likeness (QED) is 0.310. The van der Waals surface area contributed by atoms with Gasteiger partial charge in [0.2, 0.25) is 5.95 Å². The maximum Gasteiger partial charge on any atom is 0.214 e. The van der Waals surface area contributed by atoms with Crippen LogP contribution in [-0.2, 0) is 0 Å². The number of rotatable bonds is 6. The molecule has 2 fully saturated rings. The molecule has 0 spiro atoms. The Bertz CT molecular complexity index is 1440. The lowest BCUT2D eigenvalue weighted by Gasteiger charge is -2.32. The van der Waals surface area contributed by atoms with Crippen LogP contribution in [0.4, 0.5) is 26.2 Å². The normalized spacial score (nSPS) is 20.0. The van der Waals surface area contributed by atoms with E-state index in [9.17, 15) is 8.78 Å². The molecule has 1 aliphatic heterocycles. The molecule has 2 aliphatic rings. The lowest BCUT2D eigenvalue weighted by molar-refractivity contribution is 0.368. The zero-order valence-electron chi connectivity index (χ0n) is 20.5. The standard InChI is InChI=1S/C27H28F2N8/c1-15-12-30-9-8-20(15)33-27-24-18(16-3-2-4-16)13-31-14-21(24)34-25(37-27)17-7-10-32-23(11-17)36-26-19(28)5-6-22(29)35-26/h5-7,10-11,13-16,20,30H,2-4,8-9,12H2,1H3,(H,32,35,36)(H,33,34,37)/t15-,20-/m1/s1. The number of nitrogens with one attached hydrogen (secondary N) is 3. The number of pyridine rings is 3. The number of fused-ring (bicyclic) bond motifs is 1. The van der Waals surface area contributed by atoms with Crippen LogP contribution in [0.15, 0.2) is 42.9 Å². The fraction of sp³-hybridized carbons (Fsp3) is 0.370. The van der Waals surface area contributed by atoms with E-state index in [1.54, 1.807) is 24.5 Å². The van der Waals surface area contributed by atoms with Gasteiger partial charge < -0.3 is 16.0 Å². The molecule has 10 heteroatoms. The van der Waals surface area contributed by atoms with Crippen molar-refractivity contribution in [3.63, 3.8) is 0 Å². The Morgan fingerprint density at radius 1 is 1.00 bits per heavy atom. The molecule has 6 rings (SSSR count). The van der Waals surface area contributed by atoms with Gasteiger partial charge in [-0.2, -0.15) is 9.37 Å². The highest BCUT2D eigenvalue weighted by molar-refractivity contribution is 5.93. The van der Waals surface area contributed by atoms with Gasteiger partial charge in [0.05, 0.1) is 11.7 Å². The summed E-state index contributed by atoms with van der Waals surface area (Å²) in [6, 6.07) is 5.77. The van der Waals surface area contributed by atoms with Gasteiger partial charge in [-0.15, -0.1) is 0 Å². The fourth-order valence-corrected chi connectivity index (χ4v) is 5.04. The van der Waals surface area contributed by atoms with Crippen LogP contribution in [0, 0.1) is 17.7 Å². The van der Waals surface area contributed by atoms with E-state index in [0.29, 0.717) is 29.0 Å². The van der Waals surface area contributed by atoms with E-state index in [4.69, 9.17) is 9.97 Å². The largest absolute Gasteiger partial charge is 0.366 e. The molecule has 1 saturated carbocycles. The van der Waals surface area contributed by atoms with Gasteiger partial charge in [0.1, 0.15) is 11.6 Å². The van der Waals surface area contributed by atoms with E-state index in [1.807, 2.05) is 6.20 Å². The average Bonchev–Trinajstić information content (AvgIpc) is 2.87. The Balaban J connectivity index is 1.41. The van der Waals surface area contributed by atoms with Crippen molar-refractivity contribution in [1.82, 2.24) is 30.2 Å². The van der Waals surface area contributed by atoms with Crippen LogP contribution in [0.1, 0.15) is 44.1 Å². The molecular formula is C27H28F2N8. The summed E-state index contributed by atoms with van der Waals surface area (Å²) >= 11 is 0. The van der Waals surface area contributed by atoms with E-state index in [2.05, 4.69) is 37.8 Å². The number of hydrogen-bond donors (Lipinski definition) is 3. The first-order chi connectivity index (χ1) is 18.0. The molecule has 0 radical (unpaired) electrons. The van der Waals surface area contributed by atoms with E-state index in [-0.39, 0.29) is 11.9 Å². The van der Waals surface area contributed by atoms with Gasteiger partial charge in [0, 0.05) is 29.4 Å². The number of piperidine rings is 1. The Morgan fingerprint density at radius 2 is 1.89 bits per heavy atom. The molecule has 2 atom stereocenters. The second-order valence-electron chi connectivity index (χ2n) is 9.89. The minimum Gasteiger partial charge on any atom is -0.366 e. The average molecular weight is 503 g/mol. The number of hydrogen-bond acceptors (Lipinski definition) is 8. The van der Waals surface area contributed by atoms with Crippen LogP contribution in [-0.4, -0.2) is 44.1 Å². The summed E-state index contributed by atoms with van der Waals surface area (Å²) in [6.07, 6.45) is 9.84. The fourth-order valence-electron chi connectivity index (χ4n) is 5.04. The predicted octanol–water partition coefficient (Wildman–Crippen LogP) is 5.18. The summed E-state index contributed by atoms with van der Waals surface area (Å²) in [4.78, 5) is 22.2. The monoisotopic (exact) mass is 502 g/mol. The molecule has 3 N–H and O–H groups in total. The predicted molar refractivity (Wildman–Crippen MR) is 139 cm³/mol. The third-order valence-corrected chi connectivity index (χ3v) is 7.37. The second-order valence-corrected chi connectivity index (χ2v) is 9.89. The Kier molecular flexibility index (Phi) is 6.33. The van der Waals surface area contributed by atoms with Crippen molar-refractivity contribution < 1.29 is 8.78 Å². The molecule has 0 unspecified atom stereocenters. The lowest BCUT2D eigenvalue weighted by Crippen LogP contribution is -2.42. The molecule has 1 saturated heterocycles. The first-order valence-corrected chi connectivity index (χ1v) is 12.7. The highest BCUT2D eigenvalue weighted by Crippen LogP contribution is 2.41. The van der Waals surface area contributed by atoms with Crippen LogP contribution in [0.5, 0.6) is 0 Å². The molecule has 0 bridgehead atoms. The smallest absolute Gasteiger partial charge is 0.214 e. The first kappa shape index (κ1) is 23.6. The number of nitrogens with zero attached hydrogens (tertiary/aromatic N) is 5. The molecule has 4 aromatic heterocycles. The lowest BCUT2D eigenvalue weighted by atomic mass is 9.79. The van der Waals surface area contributed by atoms with Crippen LogP contribution in [0.2, 0.25) is 0 Å². The van der Waals surface area contributed by atoms with Crippen molar-refractivity contribution in [3.8, 4) is 11.4 Å². The molecule has 4 aromatic rings. The zero-order valence-corrected chi connectivity index (χ0v) is 20.5. The molecule has 190 valence electrons. The zero-order chi connectivity index (χ0) is 25.4. The van der Waals surface area contributed by atoms with Gasteiger partial charge in [0.15, 0.2) is 17.5 Å². The SMILES string of the molecule is C[C@@H]1CNCC[C@H]1Nc1nc(-c2ccnc(Nc3nc(F)ccc3F)c2)nc2cncc(C3CCC3)c12. The molecule has 8 nitrogen and oxygen atoms in total. The maximum atomic E-state index is 14.1. The summed E-state index contributed by atoms with van der Waals surface area (Å²) in [5.41, 5.74) is 2.67. The number of anilines is 3. The van der Waals surface area contributed by atoms with Crippen molar-refractivity contribution in [3.05, 3.63) is 60.2 Å². The highest BCUT2D eigenvalue weighted by Gasteiger charge is 2.27.